The second kappa shape index (κ2) is 12.8. The van der Waals surface area contributed by atoms with E-state index in [2.05, 4.69) is 15.5 Å². The predicted octanol–water partition coefficient (Wildman–Crippen LogP) is 5.87. The fraction of sp³-hybridized carbons (Fsp3) is 0.375. The Kier molecular flexibility index (Phi) is 8.76. The Morgan fingerprint density at radius 2 is 1.69 bits per heavy atom. The summed E-state index contributed by atoms with van der Waals surface area (Å²) >= 11 is 0. The fourth-order valence-corrected chi connectivity index (χ4v) is 5.64. The van der Waals surface area contributed by atoms with Crippen LogP contribution in [0, 0.1) is 11.7 Å². The standard InChI is InChI=1S/C32H36FN3O3/c33-26-13-16-30-25(22-26)17-19-36(30)20-18-34-32(38)29(21-23-7-3-1-4-8-23)35-31(37)24-11-14-28(15-12-24)39-27-9-5-2-6-10-27/h2,5-6,9-16,22-23,29H,1,3-4,7-8,17-21H2,(H,34,38)(H,35,37). The fourth-order valence-electron chi connectivity index (χ4n) is 5.64. The third-order valence-electron chi connectivity index (χ3n) is 7.73. The van der Waals surface area contributed by atoms with Crippen molar-refractivity contribution in [3.63, 3.8) is 0 Å². The molecule has 1 aliphatic heterocycles. The van der Waals surface area contributed by atoms with Crippen LogP contribution in [0.15, 0.2) is 72.8 Å². The number of anilines is 1. The maximum Gasteiger partial charge on any atom is 0.251 e. The molecule has 2 N–H and O–H groups in total. The molecule has 7 heteroatoms. The van der Waals surface area contributed by atoms with Crippen molar-refractivity contribution >= 4 is 17.5 Å². The number of nitrogens with one attached hydrogen (secondary N) is 2. The molecule has 1 saturated carbocycles. The number of hydrogen-bond acceptors (Lipinski definition) is 4. The Morgan fingerprint density at radius 3 is 2.46 bits per heavy atom. The summed E-state index contributed by atoms with van der Waals surface area (Å²) in [6.07, 6.45) is 7.20. The molecular weight excluding hydrogens is 493 g/mol. The summed E-state index contributed by atoms with van der Waals surface area (Å²) in [7, 11) is 0. The van der Waals surface area contributed by atoms with Crippen LogP contribution >= 0.6 is 0 Å². The summed E-state index contributed by atoms with van der Waals surface area (Å²) in [6.45, 7) is 1.90. The van der Waals surface area contributed by atoms with Gasteiger partial charge in [0.1, 0.15) is 23.4 Å². The Labute approximate surface area is 229 Å². The van der Waals surface area contributed by atoms with E-state index in [-0.39, 0.29) is 17.6 Å². The van der Waals surface area contributed by atoms with Crippen molar-refractivity contribution in [2.45, 2.75) is 51.0 Å². The number of amides is 2. The number of nitrogens with zero attached hydrogens (tertiary/aromatic N) is 1. The van der Waals surface area contributed by atoms with Gasteiger partial charge in [0.25, 0.3) is 5.91 Å². The molecule has 3 aromatic rings. The molecule has 0 saturated heterocycles. The maximum absolute atomic E-state index is 13.5. The highest BCUT2D eigenvalue weighted by atomic mass is 19.1. The van der Waals surface area contributed by atoms with Gasteiger partial charge in [-0.15, -0.1) is 0 Å². The van der Waals surface area contributed by atoms with Crippen LogP contribution in [0.5, 0.6) is 11.5 Å². The molecule has 0 aromatic heterocycles. The van der Waals surface area contributed by atoms with Gasteiger partial charge in [0.2, 0.25) is 5.91 Å². The molecule has 2 amide bonds. The average molecular weight is 530 g/mol. The molecule has 0 bridgehead atoms. The summed E-state index contributed by atoms with van der Waals surface area (Å²) in [5.41, 5.74) is 2.51. The Balaban J connectivity index is 1.18. The van der Waals surface area contributed by atoms with E-state index >= 15 is 0 Å². The lowest BCUT2D eigenvalue weighted by atomic mass is 9.84. The Morgan fingerprint density at radius 1 is 0.949 bits per heavy atom. The second-order valence-corrected chi connectivity index (χ2v) is 10.5. The number of hydrogen-bond donors (Lipinski definition) is 2. The molecule has 204 valence electrons. The van der Waals surface area contributed by atoms with Crippen LogP contribution in [0.3, 0.4) is 0 Å². The van der Waals surface area contributed by atoms with Crippen LogP contribution in [0.4, 0.5) is 10.1 Å². The summed E-state index contributed by atoms with van der Waals surface area (Å²) in [4.78, 5) is 28.6. The average Bonchev–Trinajstić information content (AvgIpc) is 3.36. The van der Waals surface area contributed by atoms with Gasteiger partial charge in [-0.1, -0.05) is 50.3 Å². The van der Waals surface area contributed by atoms with Crippen molar-refractivity contribution in [2.75, 3.05) is 24.5 Å². The number of ether oxygens (including phenoxy) is 1. The second-order valence-electron chi connectivity index (χ2n) is 10.5. The lowest BCUT2D eigenvalue weighted by Gasteiger charge is -2.27. The van der Waals surface area contributed by atoms with E-state index in [0.717, 1.165) is 42.8 Å². The Bertz CT molecular complexity index is 1260. The van der Waals surface area contributed by atoms with Gasteiger partial charge >= 0.3 is 0 Å². The molecule has 39 heavy (non-hydrogen) atoms. The van der Waals surface area contributed by atoms with Gasteiger partial charge in [-0.05, 0) is 78.9 Å². The van der Waals surface area contributed by atoms with Crippen molar-refractivity contribution < 1.29 is 18.7 Å². The number of benzene rings is 3. The summed E-state index contributed by atoms with van der Waals surface area (Å²) in [6, 6.07) is 20.7. The number of halogens is 1. The summed E-state index contributed by atoms with van der Waals surface area (Å²) in [5.74, 6) is 1.15. The van der Waals surface area contributed by atoms with E-state index in [4.69, 9.17) is 4.74 Å². The number of carbonyl (C=O) groups excluding carboxylic acids is 2. The summed E-state index contributed by atoms with van der Waals surface area (Å²) < 4.78 is 19.4. The van der Waals surface area contributed by atoms with Crippen LogP contribution in [-0.2, 0) is 11.2 Å². The monoisotopic (exact) mass is 529 g/mol. The molecule has 1 heterocycles. The molecule has 0 spiro atoms. The van der Waals surface area contributed by atoms with Crippen molar-refractivity contribution in [3.8, 4) is 11.5 Å². The van der Waals surface area contributed by atoms with Crippen molar-refractivity contribution in [2.24, 2.45) is 5.92 Å². The lowest BCUT2D eigenvalue weighted by Crippen LogP contribution is -2.49. The quantitative estimate of drug-likeness (QED) is 0.345. The van der Waals surface area contributed by atoms with Gasteiger partial charge in [-0.2, -0.15) is 0 Å². The zero-order chi connectivity index (χ0) is 27.0. The Hall–Kier alpha value is -3.87. The first-order chi connectivity index (χ1) is 19.0. The van der Waals surface area contributed by atoms with E-state index in [9.17, 15) is 14.0 Å². The van der Waals surface area contributed by atoms with Gasteiger partial charge in [0.15, 0.2) is 0 Å². The molecule has 1 fully saturated rings. The van der Waals surface area contributed by atoms with Crippen LogP contribution < -0.4 is 20.3 Å². The van der Waals surface area contributed by atoms with E-state index in [1.807, 2.05) is 36.4 Å². The predicted molar refractivity (Wildman–Crippen MR) is 151 cm³/mol. The third kappa shape index (κ3) is 7.16. The van der Waals surface area contributed by atoms with E-state index in [1.54, 1.807) is 30.3 Å². The van der Waals surface area contributed by atoms with Crippen molar-refractivity contribution in [1.82, 2.24) is 10.6 Å². The van der Waals surface area contributed by atoms with Crippen molar-refractivity contribution in [1.29, 1.82) is 0 Å². The number of carbonyl (C=O) groups is 2. The first kappa shape index (κ1) is 26.7. The highest BCUT2D eigenvalue weighted by Gasteiger charge is 2.27. The topological polar surface area (TPSA) is 70.7 Å². The van der Waals surface area contributed by atoms with Gasteiger partial charge in [-0.25, -0.2) is 4.39 Å². The van der Waals surface area contributed by atoms with Crippen LogP contribution in [0.2, 0.25) is 0 Å². The number of fused-ring (bicyclic) bond motifs is 1. The lowest BCUT2D eigenvalue weighted by molar-refractivity contribution is -0.123. The van der Waals surface area contributed by atoms with Gasteiger partial charge in [-0.3, -0.25) is 9.59 Å². The third-order valence-corrected chi connectivity index (χ3v) is 7.73. The number of rotatable bonds is 10. The molecular formula is C32H36FN3O3. The highest BCUT2D eigenvalue weighted by molar-refractivity contribution is 5.97. The SMILES string of the molecule is O=C(NC(CC1CCCCC1)C(=O)NCCN1CCc2cc(F)ccc21)c1ccc(Oc2ccccc2)cc1. The first-order valence-corrected chi connectivity index (χ1v) is 14.0. The highest BCUT2D eigenvalue weighted by Crippen LogP contribution is 2.29. The molecule has 1 unspecified atom stereocenters. The van der Waals surface area contributed by atoms with Gasteiger partial charge in [0.05, 0.1) is 0 Å². The molecule has 2 aliphatic rings. The molecule has 1 aliphatic carbocycles. The minimum atomic E-state index is -0.596. The molecule has 1 atom stereocenters. The van der Waals surface area contributed by atoms with Gasteiger partial charge in [0, 0.05) is 30.9 Å². The van der Waals surface area contributed by atoms with Gasteiger partial charge < -0.3 is 20.3 Å². The minimum Gasteiger partial charge on any atom is -0.457 e. The normalized spacial score (nSPS) is 15.9. The molecule has 6 nitrogen and oxygen atoms in total. The molecule has 5 rings (SSSR count). The number of para-hydroxylation sites is 1. The van der Waals surface area contributed by atoms with Crippen LogP contribution in [0.25, 0.3) is 0 Å². The zero-order valence-corrected chi connectivity index (χ0v) is 22.2. The van der Waals surface area contributed by atoms with Crippen LogP contribution in [0.1, 0.15) is 54.4 Å². The van der Waals surface area contributed by atoms with Crippen LogP contribution in [-0.4, -0.2) is 37.5 Å². The maximum atomic E-state index is 13.5. The minimum absolute atomic E-state index is 0.156. The van der Waals surface area contributed by atoms with E-state index in [0.29, 0.717) is 36.7 Å². The molecule has 0 radical (unpaired) electrons. The zero-order valence-electron chi connectivity index (χ0n) is 22.2. The van der Waals surface area contributed by atoms with E-state index in [1.165, 1.54) is 25.3 Å². The van der Waals surface area contributed by atoms with Crippen molar-refractivity contribution in [3.05, 3.63) is 89.7 Å². The largest absolute Gasteiger partial charge is 0.457 e. The smallest absolute Gasteiger partial charge is 0.251 e. The van der Waals surface area contributed by atoms with E-state index < -0.39 is 6.04 Å². The summed E-state index contributed by atoms with van der Waals surface area (Å²) in [5, 5.41) is 6.05. The molecule has 3 aromatic carbocycles. The first-order valence-electron chi connectivity index (χ1n) is 14.0.